The molecule has 4 aromatic carbocycles. The fourth-order valence-electron chi connectivity index (χ4n) is 9.04. The number of hydrogen-bond acceptors (Lipinski definition) is 16. The lowest BCUT2D eigenvalue weighted by Crippen LogP contribution is -2.53. The molecule has 8 rings (SSSR count). The Balaban J connectivity index is 0.000000192. The number of hydrogen-bond donors (Lipinski definition) is 2. The van der Waals surface area contributed by atoms with Gasteiger partial charge in [-0.25, -0.2) is 0 Å². The summed E-state index contributed by atoms with van der Waals surface area (Å²) in [7, 11) is 5.21. The molecular formula is C62H72O16. The van der Waals surface area contributed by atoms with Gasteiger partial charge in [-0.15, -0.1) is 0 Å². The summed E-state index contributed by atoms with van der Waals surface area (Å²) in [5.41, 5.74) is 1.68. The zero-order valence-electron chi connectivity index (χ0n) is 45.1. The van der Waals surface area contributed by atoms with Crippen LogP contribution in [0.5, 0.6) is 0 Å². The molecule has 0 bridgehead atoms. The second-order valence-electron chi connectivity index (χ2n) is 18.9. The van der Waals surface area contributed by atoms with Crippen molar-refractivity contribution in [3.8, 4) is 0 Å². The van der Waals surface area contributed by atoms with Gasteiger partial charge in [0.15, 0.2) is 17.0 Å². The highest BCUT2D eigenvalue weighted by Gasteiger charge is 2.52. The summed E-state index contributed by atoms with van der Waals surface area (Å²) in [6.07, 6.45) is 12.4. The first-order valence-electron chi connectivity index (χ1n) is 25.8. The lowest BCUT2D eigenvalue weighted by Gasteiger charge is -2.41. The number of carbonyl (C=O) groups excluding carboxylic acids is 6. The van der Waals surface area contributed by atoms with Crippen LogP contribution < -0.4 is 0 Å². The van der Waals surface area contributed by atoms with E-state index in [9.17, 15) is 39.0 Å². The lowest BCUT2D eigenvalue weighted by atomic mass is 9.75. The summed E-state index contributed by atoms with van der Waals surface area (Å²) >= 11 is 0. The summed E-state index contributed by atoms with van der Waals surface area (Å²) in [6.45, 7) is 4.81. The summed E-state index contributed by atoms with van der Waals surface area (Å²) in [5.74, 6) is -3.74. The van der Waals surface area contributed by atoms with Crippen LogP contribution in [0.1, 0.15) is 61.8 Å². The van der Waals surface area contributed by atoms with Crippen molar-refractivity contribution in [3.63, 3.8) is 0 Å². The Hall–Kier alpha value is -7.18. The van der Waals surface area contributed by atoms with E-state index in [1.165, 1.54) is 28.4 Å². The first-order valence-corrected chi connectivity index (χ1v) is 25.8. The van der Waals surface area contributed by atoms with Crippen LogP contribution in [0.4, 0.5) is 0 Å². The highest BCUT2D eigenvalue weighted by molar-refractivity contribution is 6.05. The summed E-state index contributed by atoms with van der Waals surface area (Å²) in [4.78, 5) is 71.3. The van der Waals surface area contributed by atoms with E-state index < -0.39 is 83.2 Å². The molecule has 0 amide bonds. The van der Waals surface area contributed by atoms with E-state index in [2.05, 4.69) is 4.74 Å². The minimum atomic E-state index is -1.27. The molecule has 0 spiro atoms. The SMILES string of the molecule is COC(=O)[C@H]1C(=O)CCO[C@@H]1/C=C/c1ccccc1.COC(=O)[C@H]1[C@@H](O)CCO[C@@H]1/C=C/c1ccccc1.COC(=O)[C@]1(C)C(=O)CCO[C@@H]1/C=C/c1ccccc1.COC(=O)[C@]1(C)[C@H](O)CCO[C@@H]1/C=C/c1ccccc1. The third-order valence-electron chi connectivity index (χ3n) is 13.8. The van der Waals surface area contributed by atoms with Crippen LogP contribution in [0.15, 0.2) is 146 Å². The number of carbonyl (C=O) groups is 6. The molecule has 416 valence electrons. The van der Waals surface area contributed by atoms with E-state index in [1.54, 1.807) is 32.1 Å². The molecule has 4 fully saturated rings. The molecule has 16 heteroatoms. The number of rotatable bonds is 12. The number of Topliss-reactive ketones (excluding diaryl/α,β-unsaturated/α-hetero) is 2. The number of aliphatic hydroxyl groups is 2. The molecule has 4 saturated heterocycles. The Morgan fingerprint density at radius 3 is 1.41 bits per heavy atom. The van der Waals surface area contributed by atoms with Crippen LogP contribution in [0.2, 0.25) is 0 Å². The maximum atomic E-state index is 12.1. The van der Waals surface area contributed by atoms with Gasteiger partial charge in [-0.2, -0.15) is 0 Å². The molecule has 0 aromatic heterocycles. The number of methoxy groups -OCH3 is 4. The van der Waals surface area contributed by atoms with Gasteiger partial charge in [0.05, 0.1) is 78.3 Å². The Kier molecular flexibility index (Phi) is 24.7. The monoisotopic (exact) mass is 1070 g/mol. The van der Waals surface area contributed by atoms with E-state index in [1.807, 2.05) is 152 Å². The van der Waals surface area contributed by atoms with E-state index in [0.29, 0.717) is 39.3 Å². The Morgan fingerprint density at radius 1 is 0.500 bits per heavy atom. The van der Waals surface area contributed by atoms with Crippen molar-refractivity contribution in [1.82, 2.24) is 0 Å². The van der Waals surface area contributed by atoms with Crippen LogP contribution in [-0.4, -0.2) is 137 Å². The lowest BCUT2D eigenvalue weighted by molar-refractivity contribution is -0.182. The number of benzene rings is 4. The van der Waals surface area contributed by atoms with E-state index in [0.717, 1.165) is 22.3 Å². The molecule has 0 unspecified atom stereocenters. The zero-order chi connectivity index (χ0) is 56.5. The molecule has 16 nitrogen and oxygen atoms in total. The molecule has 4 aromatic rings. The molecule has 10 atom stereocenters. The molecular weight excluding hydrogens is 1000 g/mol. The molecule has 4 heterocycles. The standard InChI is InChI=1S/C16H20O4.C16H18O4.C15H18O4.C15H16O4/c2*1-16(15(18)19-2)13(17)10-11-20-14(16)9-8-12-6-4-3-5-7-12;2*1-18-15(17)14-12(16)9-10-19-13(14)8-7-11-5-3-2-4-6-11/h3-9,13-14,17H,10-11H2,1-2H3;3-9,14H,10-11H2,1-2H3;2-8,12-14,16H,9-10H2,1H3;2-8,13-14H,9-10H2,1H3/b2*9-8+;2*8-7+/t13-,14-,16-;14-,16-;12-,13+,14-;13-,14+/m1101/s1. The highest BCUT2D eigenvalue weighted by atomic mass is 16.6. The van der Waals surface area contributed by atoms with Crippen molar-refractivity contribution < 1.29 is 76.9 Å². The first kappa shape index (κ1) is 61.7. The van der Waals surface area contributed by atoms with E-state index in [4.69, 9.17) is 33.2 Å². The Labute approximate surface area is 456 Å². The Morgan fingerprint density at radius 2 is 0.923 bits per heavy atom. The summed E-state index contributed by atoms with van der Waals surface area (Å²) < 4.78 is 41.3. The van der Waals surface area contributed by atoms with Crippen molar-refractivity contribution in [2.24, 2.45) is 22.7 Å². The quantitative estimate of drug-likeness (QED) is 0.0788. The zero-order valence-corrected chi connectivity index (χ0v) is 45.1. The van der Waals surface area contributed by atoms with Crippen molar-refractivity contribution in [2.75, 3.05) is 54.9 Å². The molecule has 2 N–H and O–H groups in total. The average molecular weight is 1070 g/mol. The maximum absolute atomic E-state index is 12.1. The van der Waals surface area contributed by atoms with Gasteiger partial charge in [0.1, 0.15) is 17.3 Å². The predicted molar refractivity (Wildman–Crippen MR) is 293 cm³/mol. The average Bonchev–Trinajstić information content (AvgIpc) is 3.56. The van der Waals surface area contributed by atoms with Gasteiger partial charge in [0.25, 0.3) is 0 Å². The van der Waals surface area contributed by atoms with Gasteiger partial charge in [-0.3, -0.25) is 28.8 Å². The number of ether oxygens (including phenoxy) is 8. The highest BCUT2D eigenvalue weighted by Crippen LogP contribution is 2.37. The minimum absolute atomic E-state index is 0.124. The number of esters is 4. The molecule has 78 heavy (non-hydrogen) atoms. The van der Waals surface area contributed by atoms with Gasteiger partial charge in [-0.05, 0) is 48.9 Å². The summed E-state index contributed by atoms with van der Waals surface area (Å²) in [6, 6.07) is 38.8. The van der Waals surface area contributed by atoms with Crippen molar-refractivity contribution in [3.05, 3.63) is 168 Å². The van der Waals surface area contributed by atoms with Gasteiger partial charge >= 0.3 is 23.9 Å². The van der Waals surface area contributed by atoms with Crippen LogP contribution in [0, 0.1) is 22.7 Å². The van der Waals surface area contributed by atoms with Crippen molar-refractivity contribution in [2.45, 2.75) is 76.2 Å². The first-order chi connectivity index (χ1) is 37.6. The smallest absolute Gasteiger partial charge is 0.322 e. The number of ketones is 2. The summed E-state index contributed by atoms with van der Waals surface area (Å²) in [5, 5.41) is 20.1. The van der Waals surface area contributed by atoms with Crippen LogP contribution in [-0.2, 0) is 66.7 Å². The van der Waals surface area contributed by atoms with Crippen molar-refractivity contribution >= 4 is 59.7 Å². The second kappa shape index (κ2) is 31.3. The fourth-order valence-corrected chi connectivity index (χ4v) is 9.04. The van der Waals surface area contributed by atoms with Crippen LogP contribution >= 0.6 is 0 Å². The van der Waals surface area contributed by atoms with Crippen LogP contribution in [0.3, 0.4) is 0 Å². The van der Waals surface area contributed by atoms with E-state index >= 15 is 0 Å². The van der Waals surface area contributed by atoms with E-state index in [-0.39, 0.29) is 24.4 Å². The maximum Gasteiger partial charge on any atom is 0.322 e. The Bertz CT molecular complexity index is 2640. The molecule has 0 aliphatic carbocycles. The van der Waals surface area contributed by atoms with Gasteiger partial charge in [0, 0.05) is 26.1 Å². The number of aliphatic hydroxyl groups excluding tert-OH is 2. The molecule has 4 aliphatic rings. The predicted octanol–water partition coefficient (Wildman–Crippen LogP) is 7.75. The molecule has 4 aliphatic heterocycles. The third-order valence-corrected chi connectivity index (χ3v) is 13.8. The van der Waals surface area contributed by atoms with Crippen molar-refractivity contribution in [1.29, 1.82) is 0 Å². The fraction of sp³-hybridized carbons (Fsp3) is 0.387. The van der Waals surface area contributed by atoms with Gasteiger partial charge in [0.2, 0.25) is 0 Å². The second-order valence-corrected chi connectivity index (χ2v) is 18.9. The van der Waals surface area contributed by atoms with Gasteiger partial charge in [-0.1, -0.05) is 170 Å². The normalized spacial score (nSPS) is 27.0. The molecule has 0 saturated carbocycles. The largest absolute Gasteiger partial charge is 0.469 e. The third kappa shape index (κ3) is 16.9. The van der Waals surface area contributed by atoms with Gasteiger partial charge < -0.3 is 48.1 Å². The topological polar surface area (TPSA) is 217 Å². The van der Waals surface area contributed by atoms with Crippen LogP contribution in [0.25, 0.3) is 24.3 Å². The minimum Gasteiger partial charge on any atom is -0.469 e. The molecule has 0 radical (unpaired) electrons.